The number of nitrogens with one attached hydrogen (secondary N) is 1. The van der Waals surface area contributed by atoms with Crippen LogP contribution >= 0.6 is 0 Å². The molecule has 0 aliphatic heterocycles. The van der Waals surface area contributed by atoms with Crippen LogP contribution in [0.4, 0.5) is 0 Å². The van der Waals surface area contributed by atoms with E-state index in [0.717, 1.165) is 0 Å². The number of rotatable bonds is 2. The van der Waals surface area contributed by atoms with E-state index in [1.807, 2.05) is 0 Å². The average molecular weight is 248 g/mol. The summed E-state index contributed by atoms with van der Waals surface area (Å²) >= 11 is 0. The number of aromatic nitrogens is 2. The Kier molecular flexibility index (Phi) is 5.27. The zero-order chi connectivity index (χ0) is 13.4. The maximum absolute atomic E-state index is 10.2. The Labute approximate surface area is 103 Å². The second kappa shape index (κ2) is 6.97. The molecule has 18 heavy (non-hydrogen) atoms. The second-order valence-corrected chi connectivity index (χ2v) is 3.25. The van der Waals surface area contributed by atoms with E-state index in [1.165, 1.54) is 18.6 Å². The smallest absolute Gasteiger partial charge is 0.337 e. The first kappa shape index (κ1) is 13.6. The minimum atomic E-state index is -1.41. The van der Waals surface area contributed by atoms with E-state index in [1.54, 1.807) is 30.3 Å². The Balaban J connectivity index is 0.000000199. The molecule has 0 amide bonds. The van der Waals surface area contributed by atoms with Gasteiger partial charge in [0, 0.05) is 12.4 Å². The molecule has 1 aromatic heterocycles. The first-order valence-corrected chi connectivity index (χ1v) is 5.06. The monoisotopic (exact) mass is 248 g/mol. The van der Waals surface area contributed by atoms with E-state index < -0.39 is 12.1 Å². The molecule has 0 saturated carbocycles. The Morgan fingerprint density at radius 2 is 1.94 bits per heavy atom. The Morgan fingerprint density at radius 1 is 1.28 bits per heavy atom. The molecule has 94 valence electrons. The number of carboxylic acids is 1. The van der Waals surface area contributed by atoms with Crippen molar-refractivity contribution in [1.29, 1.82) is 0 Å². The van der Waals surface area contributed by atoms with Gasteiger partial charge >= 0.3 is 5.97 Å². The van der Waals surface area contributed by atoms with Gasteiger partial charge in [-0.15, -0.1) is 0 Å². The number of aliphatic carboxylic acids is 1. The molecule has 3 N–H and O–H groups in total. The second-order valence-electron chi connectivity index (χ2n) is 3.25. The number of aliphatic hydroxyl groups is 1. The Morgan fingerprint density at radius 3 is 2.33 bits per heavy atom. The molecule has 0 spiro atoms. The van der Waals surface area contributed by atoms with Crippen molar-refractivity contribution < 1.29 is 15.0 Å². The van der Waals surface area contributed by atoms with Crippen LogP contribution in [0.15, 0.2) is 53.7 Å². The Hall–Kier alpha value is -2.47. The van der Waals surface area contributed by atoms with Crippen LogP contribution in [0, 0.1) is 0 Å². The van der Waals surface area contributed by atoms with E-state index >= 15 is 0 Å². The summed E-state index contributed by atoms with van der Waals surface area (Å²) in [5.74, 6) is -1.23. The fraction of sp³-hybridized carbons (Fsp3) is 0.0833. The van der Waals surface area contributed by atoms with Crippen LogP contribution in [0.2, 0.25) is 0 Å². The number of hydrogen-bond acceptors (Lipinski definition) is 4. The molecule has 0 saturated heterocycles. The van der Waals surface area contributed by atoms with Gasteiger partial charge in [-0.1, -0.05) is 30.3 Å². The van der Waals surface area contributed by atoms with Crippen LogP contribution < -0.4 is 5.56 Å². The fourth-order valence-electron chi connectivity index (χ4n) is 1.09. The lowest BCUT2D eigenvalue weighted by atomic mass is 10.1. The minimum Gasteiger partial charge on any atom is -0.479 e. The van der Waals surface area contributed by atoms with Gasteiger partial charge in [-0.2, -0.15) is 0 Å². The Bertz CT molecular complexity index is 522. The van der Waals surface area contributed by atoms with Crippen molar-refractivity contribution >= 4 is 5.97 Å². The van der Waals surface area contributed by atoms with E-state index in [4.69, 9.17) is 10.2 Å². The summed E-state index contributed by atoms with van der Waals surface area (Å²) in [6, 6.07) is 8.26. The van der Waals surface area contributed by atoms with E-state index in [-0.39, 0.29) is 5.56 Å². The standard InChI is InChI=1S/C8H8O3.C4H4N2O/c9-7(8(10)11)6-4-2-1-3-5-6;7-4-3-5-1-2-6-4/h1-5,7,9H,(H,10,11);1-3H,(H,6,7)/t7-;/m0./s1. The first-order chi connectivity index (χ1) is 8.61. The van der Waals surface area contributed by atoms with Crippen molar-refractivity contribution in [3.8, 4) is 0 Å². The number of carbonyl (C=O) groups is 1. The largest absolute Gasteiger partial charge is 0.479 e. The number of carboxylic acid groups (broad SMARTS) is 1. The highest BCUT2D eigenvalue weighted by Gasteiger charge is 2.14. The molecule has 1 heterocycles. The molecule has 0 bridgehead atoms. The molecule has 0 aliphatic carbocycles. The molecule has 1 aromatic carbocycles. The van der Waals surface area contributed by atoms with Gasteiger partial charge < -0.3 is 15.2 Å². The molecule has 0 unspecified atom stereocenters. The summed E-state index contributed by atoms with van der Waals surface area (Å²) in [4.78, 5) is 26.4. The summed E-state index contributed by atoms with van der Waals surface area (Å²) in [5, 5.41) is 17.4. The molecule has 0 fully saturated rings. The van der Waals surface area contributed by atoms with E-state index in [0.29, 0.717) is 5.56 Å². The molecule has 0 aliphatic rings. The number of benzene rings is 1. The number of aliphatic hydroxyl groups excluding tert-OH is 1. The third-order valence-electron chi connectivity index (χ3n) is 1.93. The topological polar surface area (TPSA) is 103 Å². The van der Waals surface area contributed by atoms with Crippen molar-refractivity contribution in [3.63, 3.8) is 0 Å². The SMILES string of the molecule is O=C(O)[C@@H](O)c1ccccc1.O=c1cncc[nH]1. The van der Waals surface area contributed by atoms with Crippen molar-refractivity contribution in [2.75, 3.05) is 0 Å². The predicted octanol–water partition coefficient (Wildman–Crippen LogP) is 0.575. The van der Waals surface area contributed by atoms with Gasteiger partial charge in [0.2, 0.25) is 0 Å². The molecule has 1 atom stereocenters. The van der Waals surface area contributed by atoms with Gasteiger partial charge in [0.25, 0.3) is 5.56 Å². The third kappa shape index (κ3) is 4.58. The number of H-pyrrole nitrogens is 1. The van der Waals surface area contributed by atoms with E-state index in [2.05, 4.69) is 9.97 Å². The normalized spacial score (nSPS) is 10.9. The quantitative estimate of drug-likeness (QED) is 0.721. The number of hydrogen-bond donors (Lipinski definition) is 3. The van der Waals surface area contributed by atoms with Crippen LogP contribution in [0.25, 0.3) is 0 Å². The molecule has 2 rings (SSSR count). The lowest BCUT2D eigenvalue weighted by Crippen LogP contribution is -2.09. The highest BCUT2D eigenvalue weighted by Crippen LogP contribution is 2.10. The number of nitrogens with zero attached hydrogens (tertiary/aromatic N) is 1. The molecule has 2 aromatic rings. The molecule has 0 radical (unpaired) electrons. The van der Waals surface area contributed by atoms with Crippen LogP contribution in [0.1, 0.15) is 11.7 Å². The lowest BCUT2D eigenvalue weighted by Gasteiger charge is -2.03. The van der Waals surface area contributed by atoms with Crippen LogP contribution in [-0.2, 0) is 4.79 Å². The van der Waals surface area contributed by atoms with Crippen molar-refractivity contribution in [1.82, 2.24) is 9.97 Å². The number of aromatic amines is 1. The predicted molar refractivity (Wildman–Crippen MR) is 63.9 cm³/mol. The van der Waals surface area contributed by atoms with Crippen molar-refractivity contribution in [2.24, 2.45) is 0 Å². The van der Waals surface area contributed by atoms with Gasteiger partial charge in [-0.3, -0.25) is 9.78 Å². The minimum absolute atomic E-state index is 0.164. The zero-order valence-corrected chi connectivity index (χ0v) is 9.35. The molecular weight excluding hydrogens is 236 g/mol. The highest BCUT2D eigenvalue weighted by molar-refractivity contribution is 5.73. The van der Waals surface area contributed by atoms with Gasteiger partial charge in [-0.05, 0) is 5.56 Å². The molecule has 6 nitrogen and oxygen atoms in total. The maximum Gasteiger partial charge on any atom is 0.337 e. The van der Waals surface area contributed by atoms with Gasteiger partial charge in [-0.25, -0.2) is 4.79 Å². The first-order valence-electron chi connectivity index (χ1n) is 5.06. The third-order valence-corrected chi connectivity index (χ3v) is 1.93. The fourth-order valence-corrected chi connectivity index (χ4v) is 1.09. The van der Waals surface area contributed by atoms with Gasteiger partial charge in [0.15, 0.2) is 6.10 Å². The van der Waals surface area contributed by atoms with Crippen LogP contribution in [0.5, 0.6) is 0 Å². The zero-order valence-electron chi connectivity index (χ0n) is 9.35. The van der Waals surface area contributed by atoms with Gasteiger partial charge in [0.05, 0.1) is 6.20 Å². The van der Waals surface area contributed by atoms with Crippen molar-refractivity contribution in [3.05, 3.63) is 64.8 Å². The molecular formula is C12H12N2O4. The van der Waals surface area contributed by atoms with E-state index in [9.17, 15) is 9.59 Å². The molecule has 6 heteroatoms. The summed E-state index contributed by atoms with van der Waals surface area (Å²) in [6.45, 7) is 0. The lowest BCUT2D eigenvalue weighted by molar-refractivity contribution is -0.146. The van der Waals surface area contributed by atoms with Crippen LogP contribution in [-0.4, -0.2) is 26.2 Å². The van der Waals surface area contributed by atoms with Gasteiger partial charge in [0.1, 0.15) is 0 Å². The highest BCUT2D eigenvalue weighted by atomic mass is 16.4. The summed E-state index contributed by atoms with van der Waals surface area (Å²) < 4.78 is 0. The summed E-state index contributed by atoms with van der Waals surface area (Å²) in [5.41, 5.74) is 0.238. The van der Waals surface area contributed by atoms with Crippen LogP contribution in [0.3, 0.4) is 0 Å². The summed E-state index contributed by atoms with van der Waals surface area (Å²) in [7, 11) is 0. The summed E-state index contributed by atoms with van der Waals surface area (Å²) in [6.07, 6.45) is 2.82. The maximum atomic E-state index is 10.2. The average Bonchev–Trinajstić information content (AvgIpc) is 2.40. The van der Waals surface area contributed by atoms with Crippen molar-refractivity contribution in [2.45, 2.75) is 6.10 Å².